The second-order valence-corrected chi connectivity index (χ2v) is 11.9. The number of rotatable bonds is 7. The summed E-state index contributed by atoms with van der Waals surface area (Å²) in [5.41, 5.74) is 1.00. The summed E-state index contributed by atoms with van der Waals surface area (Å²) in [6.45, 7) is 1.64. The smallest absolute Gasteiger partial charge is 0.416 e. The van der Waals surface area contributed by atoms with Crippen LogP contribution in [0.5, 0.6) is 11.5 Å². The Bertz CT molecular complexity index is 1930. The first-order chi connectivity index (χ1) is 22.4. The van der Waals surface area contributed by atoms with Crippen LogP contribution in [-0.4, -0.2) is 43.7 Å². The summed E-state index contributed by atoms with van der Waals surface area (Å²) in [6.07, 6.45) is -3.74. The van der Waals surface area contributed by atoms with E-state index in [9.17, 15) is 27.6 Å². The van der Waals surface area contributed by atoms with Gasteiger partial charge in [0.15, 0.2) is 0 Å². The molecule has 2 bridgehead atoms. The second-order valence-electron chi connectivity index (χ2n) is 11.5. The maximum Gasteiger partial charge on any atom is 0.416 e. The highest BCUT2D eigenvalue weighted by atomic mass is 35.5. The van der Waals surface area contributed by atoms with Gasteiger partial charge in [-0.05, 0) is 60.9 Å². The van der Waals surface area contributed by atoms with Gasteiger partial charge in [-0.15, -0.1) is 0 Å². The molecule has 1 fully saturated rings. The van der Waals surface area contributed by atoms with Crippen molar-refractivity contribution in [2.24, 2.45) is 5.92 Å². The number of nitrogens with one attached hydrogen (secondary N) is 2. The van der Waals surface area contributed by atoms with Crippen molar-refractivity contribution < 1.29 is 32.2 Å². The summed E-state index contributed by atoms with van der Waals surface area (Å²) in [5, 5.41) is 5.77. The molecule has 244 valence electrons. The van der Waals surface area contributed by atoms with Gasteiger partial charge in [-0.1, -0.05) is 23.7 Å². The molecule has 2 aliphatic heterocycles. The summed E-state index contributed by atoms with van der Waals surface area (Å²) in [6, 6.07) is 17.2. The van der Waals surface area contributed by atoms with E-state index in [2.05, 4.69) is 15.5 Å². The molecule has 2 atom stereocenters. The molecular formula is C34H30ClF3N4O5. The van der Waals surface area contributed by atoms with E-state index in [-0.39, 0.29) is 44.9 Å². The number of halogens is 4. The molecule has 0 aliphatic carbocycles. The number of alkyl halides is 3. The summed E-state index contributed by atoms with van der Waals surface area (Å²) in [5.74, 6) is -0.484. The van der Waals surface area contributed by atoms with E-state index in [1.807, 2.05) is 6.07 Å². The van der Waals surface area contributed by atoms with E-state index in [1.165, 1.54) is 44.6 Å². The molecule has 13 heteroatoms. The van der Waals surface area contributed by atoms with Crippen LogP contribution in [0, 0.1) is 5.92 Å². The summed E-state index contributed by atoms with van der Waals surface area (Å²) >= 11 is 6.28. The predicted molar refractivity (Wildman–Crippen MR) is 172 cm³/mol. The van der Waals surface area contributed by atoms with Crippen LogP contribution in [0.3, 0.4) is 0 Å². The van der Waals surface area contributed by atoms with Crippen LogP contribution in [0.4, 0.5) is 30.2 Å². The molecule has 3 heterocycles. The van der Waals surface area contributed by atoms with Crippen molar-refractivity contribution in [3.63, 3.8) is 0 Å². The monoisotopic (exact) mass is 666 g/mol. The number of nitrogens with zero attached hydrogens (tertiary/aromatic N) is 2. The number of piperidine rings is 1. The van der Waals surface area contributed by atoms with Gasteiger partial charge in [0.25, 0.3) is 17.4 Å². The van der Waals surface area contributed by atoms with E-state index < -0.39 is 23.6 Å². The van der Waals surface area contributed by atoms with Gasteiger partial charge in [-0.2, -0.15) is 13.2 Å². The standard InChI is InChI=1S/C34H30ClF3N4O5/c1-46-29-15-30(47-2)26(14-24(29)35)40-33(45)21-9-10-28(25(13-21)39-32(44)20-5-3-6-23(12-20)34(36,37)38)41-16-19-11-22(18-41)27-7-4-8-31(43)42(27)17-19/h3-10,12-15,19,22H,11,16-18H2,1-2H3,(H,39,44)(H,40,45). The van der Waals surface area contributed by atoms with Crippen molar-refractivity contribution in [2.75, 3.05) is 42.8 Å². The third-order valence-corrected chi connectivity index (χ3v) is 8.80. The van der Waals surface area contributed by atoms with Gasteiger partial charge in [-0.3, -0.25) is 14.4 Å². The highest BCUT2D eigenvalue weighted by Crippen LogP contribution is 2.40. The molecule has 0 radical (unpaired) electrons. The first kappa shape index (κ1) is 32.0. The lowest BCUT2D eigenvalue weighted by molar-refractivity contribution is -0.137. The minimum atomic E-state index is -4.63. The Labute approximate surface area is 272 Å². The average molecular weight is 667 g/mol. The van der Waals surface area contributed by atoms with Gasteiger partial charge in [-0.25, -0.2) is 0 Å². The number of pyridine rings is 1. The molecule has 0 saturated carbocycles. The zero-order valence-corrected chi connectivity index (χ0v) is 26.1. The normalized spacial score (nSPS) is 17.0. The first-order valence-electron chi connectivity index (χ1n) is 14.8. The van der Waals surface area contributed by atoms with Gasteiger partial charge in [0.05, 0.1) is 41.9 Å². The van der Waals surface area contributed by atoms with Gasteiger partial charge in [0, 0.05) is 54.5 Å². The Balaban J connectivity index is 1.35. The van der Waals surface area contributed by atoms with Crippen molar-refractivity contribution in [1.82, 2.24) is 4.57 Å². The molecule has 2 N–H and O–H groups in total. The Morgan fingerprint density at radius 2 is 1.53 bits per heavy atom. The van der Waals surface area contributed by atoms with Gasteiger partial charge >= 0.3 is 6.18 Å². The molecule has 2 aliphatic rings. The summed E-state index contributed by atoms with van der Waals surface area (Å²) in [7, 11) is 2.88. The van der Waals surface area contributed by atoms with E-state index in [0.29, 0.717) is 36.8 Å². The van der Waals surface area contributed by atoms with Gasteiger partial charge in [0.1, 0.15) is 11.5 Å². The van der Waals surface area contributed by atoms with Crippen LogP contribution in [0.1, 0.15) is 44.3 Å². The molecular weight excluding hydrogens is 637 g/mol. The Morgan fingerprint density at radius 1 is 0.830 bits per heavy atom. The third kappa shape index (κ3) is 6.50. The highest BCUT2D eigenvalue weighted by molar-refractivity contribution is 6.32. The zero-order valence-electron chi connectivity index (χ0n) is 25.4. The van der Waals surface area contributed by atoms with E-state index in [4.69, 9.17) is 21.1 Å². The number of fused-ring (bicyclic) bond motifs is 4. The third-order valence-electron chi connectivity index (χ3n) is 8.50. The Kier molecular flexibility index (Phi) is 8.63. The molecule has 6 rings (SSSR count). The minimum Gasteiger partial charge on any atom is -0.495 e. The molecule has 3 aromatic carbocycles. The molecule has 0 spiro atoms. The fourth-order valence-electron chi connectivity index (χ4n) is 6.33. The van der Waals surface area contributed by atoms with Crippen molar-refractivity contribution in [3.8, 4) is 11.5 Å². The first-order valence-corrected chi connectivity index (χ1v) is 15.1. The molecule has 2 amide bonds. The molecule has 4 aromatic rings. The highest BCUT2D eigenvalue weighted by Gasteiger charge is 2.36. The number of ether oxygens (including phenoxy) is 2. The quantitative estimate of drug-likeness (QED) is 0.229. The summed E-state index contributed by atoms with van der Waals surface area (Å²) < 4.78 is 52.7. The van der Waals surface area contributed by atoms with E-state index >= 15 is 0 Å². The maximum absolute atomic E-state index is 13.5. The molecule has 2 unspecified atom stereocenters. The largest absolute Gasteiger partial charge is 0.495 e. The minimum absolute atomic E-state index is 0.0404. The van der Waals surface area contributed by atoms with Crippen LogP contribution in [0.25, 0.3) is 0 Å². The lowest BCUT2D eigenvalue weighted by Crippen LogP contribution is -2.47. The van der Waals surface area contributed by atoms with E-state index in [1.54, 1.807) is 28.8 Å². The molecule has 1 aromatic heterocycles. The van der Waals surface area contributed by atoms with Gasteiger partial charge < -0.3 is 29.6 Å². The molecule has 47 heavy (non-hydrogen) atoms. The predicted octanol–water partition coefficient (Wildman–Crippen LogP) is 6.67. The van der Waals surface area contributed by atoms with Gasteiger partial charge in [0.2, 0.25) is 0 Å². The van der Waals surface area contributed by atoms with E-state index in [0.717, 1.165) is 24.2 Å². The van der Waals surface area contributed by atoms with Crippen LogP contribution in [0.2, 0.25) is 5.02 Å². The summed E-state index contributed by atoms with van der Waals surface area (Å²) in [4.78, 5) is 41.5. The van der Waals surface area contributed by atoms with Crippen LogP contribution >= 0.6 is 11.6 Å². The lowest BCUT2D eigenvalue weighted by atomic mass is 9.83. The molecule has 1 saturated heterocycles. The second kappa shape index (κ2) is 12.7. The maximum atomic E-state index is 13.5. The van der Waals surface area contributed by atoms with Crippen molar-refractivity contribution in [1.29, 1.82) is 0 Å². The molecule has 9 nitrogen and oxygen atoms in total. The Hall–Kier alpha value is -4.97. The number of amides is 2. The fraction of sp³-hybridized carbons (Fsp3) is 0.265. The number of aromatic nitrogens is 1. The Morgan fingerprint density at radius 3 is 2.26 bits per heavy atom. The number of benzene rings is 3. The fourth-order valence-corrected chi connectivity index (χ4v) is 6.57. The SMILES string of the molecule is COc1cc(OC)c(NC(=O)c2ccc(N3CC4CC(C3)c3cccc(=O)n3C4)c(NC(=O)c3cccc(C(F)(F)F)c3)c2)cc1Cl. The number of carbonyl (C=O) groups is 2. The van der Waals surface area contributed by atoms with Crippen molar-refractivity contribution in [2.45, 2.75) is 25.1 Å². The van der Waals surface area contributed by atoms with Crippen LogP contribution < -0.4 is 30.6 Å². The van der Waals surface area contributed by atoms with Crippen LogP contribution in [0.15, 0.2) is 77.6 Å². The number of hydrogen-bond acceptors (Lipinski definition) is 6. The number of carbonyl (C=O) groups excluding carboxylic acids is 2. The zero-order chi connectivity index (χ0) is 33.5. The topological polar surface area (TPSA) is 102 Å². The lowest BCUT2D eigenvalue weighted by Gasteiger charge is -2.44. The van der Waals surface area contributed by atoms with Crippen LogP contribution in [-0.2, 0) is 12.7 Å². The van der Waals surface area contributed by atoms with Crippen molar-refractivity contribution >= 4 is 40.5 Å². The number of anilines is 3. The average Bonchev–Trinajstić information content (AvgIpc) is 3.05. The van der Waals surface area contributed by atoms with Crippen molar-refractivity contribution in [3.05, 3.63) is 111 Å². The number of hydrogen-bond donors (Lipinski definition) is 2. The number of methoxy groups -OCH3 is 2.